The van der Waals surface area contributed by atoms with Crippen molar-refractivity contribution in [1.82, 2.24) is 0 Å². The van der Waals surface area contributed by atoms with E-state index >= 15 is 0 Å². The molecule has 0 saturated carbocycles. The fraction of sp³-hybridized carbons (Fsp3) is 0.150. The third-order valence-electron chi connectivity index (χ3n) is 8.05. The molecule has 6 aromatic carbocycles. The molecule has 0 saturated heterocycles. The molecule has 0 unspecified atom stereocenters. The maximum atomic E-state index is 9.76. The number of ether oxygens (including phenoxy) is 1. The van der Waals surface area contributed by atoms with Crippen molar-refractivity contribution >= 4 is 21.5 Å². The summed E-state index contributed by atoms with van der Waals surface area (Å²) in [6.07, 6.45) is 2.28. The predicted molar refractivity (Wildman–Crippen MR) is 178 cm³/mol. The molecule has 0 radical (unpaired) electrons. The number of aryl methyl sites for hydroxylation is 1. The van der Waals surface area contributed by atoms with Crippen LogP contribution in [0.1, 0.15) is 36.5 Å². The van der Waals surface area contributed by atoms with Crippen molar-refractivity contribution in [2.75, 3.05) is 13.2 Å². The lowest BCUT2D eigenvalue weighted by Gasteiger charge is -2.20. The molecule has 0 bridgehead atoms. The monoisotopic (exact) mass is 572 g/mol. The molecular formula is C40H32N2O2. The lowest BCUT2D eigenvalue weighted by molar-refractivity contribution is 0.288. The molecule has 44 heavy (non-hydrogen) atoms. The van der Waals surface area contributed by atoms with Gasteiger partial charge in [-0.05, 0) is 117 Å². The standard InChI is InChI=1S/C40H32N2O2/c1-2-20-44-38-18-15-35-24-33(31-9-4-7-28(22-31)26-42)14-17-37(35)40(38)39-29(10-5-19-43)11-12-34-23-32(13-16-36(34)39)30-8-3-6-27(21-30)25-41/h3-4,6-9,11-18,21-24,43H,2,5,10,19-20H2,1H3. The van der Waals surface area contributed by atoms with E-state index in [0.29, 0.717) is 24.2 Å². The largest absolute Gasteiger partial charge is 0.493 e. The van der Waals surface area contributed by atoms with Gasteiger partial charge in [-0.2, -0.15) is 10.5 Å². The first-order valence-electron chi connectivity index (χ1n) is 15.0. The van der Waals surface area contributed by atoms with Gasteiger partial charge in [-0.15, -0.1) is 0 Å². The van der Waals surface area contributed by atoms with Crippen LogP contribution in [0, 0.1) is 22.7 Å². The van der Waals surface area contributed by atoms with Crippen molar-refractivity contribution in [3.8, 4) is 51.3 Å². The van der Waals surface area contributed by atoms with Crippen LogP contribution in [0.3, 0.4) is 0 Å². The van der Waals surface area contributed by atoms with Gasteiger partial charge in [0.2, 0.25) is 0 Å². The van der Waals surface area contributed by atoms with Crippen molar-refractivity contribution in [3.05, 3.63) is 126 Å². The smallest absolute Gasteiger partial charge is 0.127 e. The van der Waals surface area contributed by atoms with Crippen LogP contribution in [-0.4, -0.2) is 18.3 Å². The minimum absolute atomic E-state index is 0.117. The van der Waals surface area contributed by atoms with Gasteiger partial charge >= 0.3 is 0 Å². The van der Waals surface area contributed by atoms with Crippen LogP contribution in [0.4, 0.5) is 0 Å². The van der Waals surface area contributed by atoms with E-state index in [2.05, 4.69) is 79.7 Å². The topological polar surface area (TPSA) is 77.0 Å². The van der Waals surface area contributed by atoms with Crippen molar-refractivity contribution in [3.63, 3.8) is 0 Å². The van der Waals surface area contributed by atoms with Crippen LogP contribution in [0.25, 0.3) is 54.9 Å². The molecule has 1 N–H and O–H groups in total. The summed E-state index contributed by atoms with van der Waals surface area (Å²) >= 11 is 0. The Morgan fingerprint density at radius 2 is 1.20 bits per heavy atom. The van der Waals surface area contributed by atoms with Crippen molar-refractivity contribution in [2.24, 2.45) is 0 Å². The summed E-state index contributed by atoms with van der Waals surface area (Å²) in [7, 11) is 0. The van der Waals surface area contributed by atoms with E-state index in [0.717, 1.165) is 79.1 Å². The minimum Gasteiger partial charge on any atom is -0.493 e. The number of aliphatic hydroxyl groups is 1. The summed E-state index contributed by atoms with van der Waals surface area (Å²) in [6.45, 7) is 2.83. The van der Waals surface area contributed by atoms with Crippen molar-refractivity contribution in [2.45, 2.75) is 26.2 Å². The molecule has 0 aliphatic heterocycles. The molecule has 0 spiro atoms. The van der Waals surface area contributed by atoms with Crippen molar-refractivity contribution in [1.29, 1.82) is 10.5 Å². The van der Waals surface area contributed by atoms with Gasteiger partial charge in [-0.3, -0.25) is 0 Å². The average Bonchev–Trinajstić information content (AvgIpc) is 3.09. The van der Waals surface area contributed by atoms with E-state index < -0.39 is 0 Å². The Bertz CT molecular complexity index is 1930. The number of fused-ring (bicyclic) bond motifs is 2. The normalized spacial score (nSPS) is 10.9. The summed E-state index contributed by atoms with van der Waals surface area (Å²) in [5.74, 6) is 0.835. The first-order valence-corrected chi connectivity index (χ1v) is 15.0. The molecule has 6 rings (SSSR count). The average molecular weight is 573 g/mol. The third-order valence-corrected chi connectivity index (χ3v) is 8.05. The van der Waals surface area contributed by atoms with E-state index in [4.69, 9.17) is 4.74 Å². The van der Waals surface area contributed by atoms with E-state index in [1.807, 2.05) is 48.5 Å². The lowest BCUT2D eigenvalue weighted by atomic mass is 9.86. The Morgan fingerprint density at radius 3 is 1.77 bits per heavy atom. The van der Waals surface area contributed by atoms with Crippen LogP contribution in [0.5, 0.6) is 5.75 Å². The van der Waals surface area contributed by atoms with Gasteiger partial charge < -0.3 is 9.84 Å². The van der Waals surface area contributed by atoms with Crippen LogP contribution in [-0.2, 0) is 6.42 Å². The fourth-order valence-electron chi connectivity index (χ4n) is 5.94. The number of hydrogen-bond acceptors (Lipinski definition) is 4. The van der Waals surface area contributed by atoms with Crippen LogP contribution in [0.15, 0.2) is 109 Å². The number of nitrogens with zero attached hydrogens (tertiary/aromatic N) is 2. The van der Waals surface area contributed by atoms with Crippen molar-refractivity contribution < 1.29 is 9.84 Å². The lowest BCUT2D eigenvalue weighted by Crippen LogP contribution is -2.01. The summed E-state index contributed by atoms with van der Waals surface area (Å²) in [5, 5.41) is 33.0. The zero-order chi connectivity index (χ0) is 30.5. The number of rotatable bonds is 9. The van der Waals surface area contributed by atoms with Crippen LogP contribution < -0.4 is 4.74 Å². The fourth-order valence-corrected chi connectivity index (χ4v) is 5.94. The highest BCUT2D eigenvalue weighted by atomic mass is 16.5. The van der Waals surface area contributed by atoms with Crippen LogP contribution in [0.2, 0.25) is 0 Å². The SMILES string of the molecule is CCCOc1ccc2cc(-c3cccc(C#N)c3)ccc2c1-c1c(CCCO)ccc2cc(-c3cccc(C#N)c3)ccc12. The van der Waals surface area contributed by atoms with Gasteiger partial charge in [0.1, 0.15) is 5.75 Å². The summed E-state index contributed by atoms with van der Waals surface area (Å²) in [5.41, 5.74) is 8.69. The molecule has 4 nitrogen and oxygen atoms in total. The zero-order valence-corrected chi connectivity index (χ0v) is 24.7. The Labute approximate surface area is 258 Å². The second-order valence-corrected chi connectivity index (χ2v) is 11.0. The molecule has 0 fully saturated rings. The second-order valence-electron chi connectivity index (χ2n) is 11.0. The highest BCUT2D eigenvalue weighted by Crippen LogP contribution is 2.44. The van der Waals surface area contributed by atoms with Gasteiger partial charge in [0.15, 0.2) is 0 Å². The van der Waals surface area contributed by atoms with E-state index in [1.165, 1.54) is 0 Å². The maximum absolute atomic E-state index is 9.76. The summed E-state index contributed by atoms with van der Waals surface area (Å²) < 4.78 is 6.40. The second kappa shape index (κ2) is 12.8. The summed E-state index contributed by atoms with van der Waals surface area (Å²) in [6, 6.07) is 41.3. The molecular weight excluding hydrogens is 540 g/mol. The number of aliphatic hydroxyl groups excluding tert-OH is 1. The molecule has 0 aromatic heterocycles. The van der Waals surface area contributed by atoms with Gasteiger partial charge in [-0.1, -0.05) is 73.7 Å². The Kier molecular flexibility index (Phi) is 8.37. The molecule has 0 atom stereocenters. The summed E-state index contributed by atoms with van der Waals surface area (Å²) in [4.78, 5) is 0. The molecule has 0 aliphatic rings. The molecule has 0 amide bonds. The molecule has 214 valence electrons. The highest BCUT2D eigenvalue weighted by Gasteiger charge is 2.19. The molecule has 4 heteroatoms. The minimum atomic E-state index is 0.117. The Balaban J connectivity index is 1.59. The molecule has 0 heterocycles. The number of nitriles is 2. The van der Waals surface area contributed by atoms with E-state index in [-0.39, 0.29) is 6.61 Å². The maximum Gasteiger partial charge on any atom is 0.127 e. The van der Waals surface area contributed by atoms with E-state index in [9.17, 15) is 15.6 Å². The Hall–Kier alpha value is -5.42. The highest BCUT2D eigenvalue weighted by molar-refractivity contribution is 6.10. The number of benzene rings is 6. The van der Waals surface area contributed by atoms with Gasteiger partial charge in [0.25, 0.3) is 0 Å². The molecule has 6 aromatic rings. The zero-order valence-electron chi connectivity index (χ0n) is 24.7. The van der Waals surface area contributed by atoms with Crippen LogP contribution >= 0.6 is 0 Å². The third kappa shape index (κ3) is 5.64. The predicted octanol–water partition coefficient (Wildman–Crippen LogP) is 9.45. The van der Waals surface area contributed by atoms with Gasteiger partial charge in [0.05, 0.1) is 29.9 Å². The van der Waals surface area contributed by atoms with E-state index in [1.54, 1.807) is 0 Å². The first-order chi connectivity index (χ1) is 21.6. The quantitative estimate of drug-likeness (QED) is 0.187. The van der Waals surface area contributed by atoms with Gasteiger partial charge in [0, 0.05) is 12.2 Å². The Morgan fingerprint density at radius 1 is 0.636 bits per heavy atom. The number of hydrogen-bond donors (Lipinski definition) is 1. The van der Waals surface area contributed by atoms with Gasteiger partial charge in [-0.25, -0.2) is 0 Å². The first kappa shape index (κ1) is 28.7. The molecule has 0 aliphatic carbocycles.